The van der Waals surface area contributed by atoms with Crippen LogP contribution in [0.25, 0.3) is 10.9 Å². The van der Waals surface area contributed by atoms with E-state index in [1.54, 1.807) is 17.3 Å². The van der Waals surface area contributed by atoms with E-state index >= 15 is 0 Å². The molecular weight excluding hydrogens is 556 g/mol. The molecule has 2 saturated heterocycles. The normalized spacial score (nSPS) is 19.3. The highest BCUT2D eigenvalue weighted by Crippen LogP contribution is 2.33. The lowest BCUT2D eigenvalue weighted by Gasteiger charge is -2.24. The van der Waals surface area contributed by atoms with Crippen LogP contribution in [-0.4, -0.2) is 66.7 Å². The van der Waals surface area contributed by atoms with E-state index in [4.69, 9.17) is 9.47 Å². The van der Waals surface area contributed by atoms with Crippen LogP contribution < -0.4 is 10.6 Å². The molecule has 42 heavy (non-hydrogen) atoms. The van der Waals surface area contributed by atoms with Crippen molar-refractivity contribution in [3.05, 3.63) is 47.2 Å². The number of amides is 2. The molecule has 0 bridgehead atoms. The fourth-order valence-electron chi connectivity index (χ4n) is 5.32. The van der Waals surface area contributed by atoms with Crippen LogP contribution in [0.4, 0.5) is 21.4 Å². The second-order valence-electron chi connectivity index (χ2n) is 11.8. The highest BCUT2D eigenvalue weighted by molar-refractivity contribution is 7.17. The van der Waals surface area contributed by atoms with Gasteiger partial charge in [0, 0.05) is 37.3 Å². The molecule has 4 aromatic rings. The van der Waals surface area contributed by atoms with Crippen molar-refractivity contribution in [2.75, 3.05) is 30.3 Å². The van der Waals surface area contributed by atoms with Crippen LogP contribution >= 0.6 is 11.3 Å². The summed E-state index contributed by atoms with van der Waals surface area (Å²) in [5, 5.41) is 16.9. The summed E-state index contributed by atoms with van der Waals surface area (Å²) < 4.78 is 15.2. The van der Waals surface area contributed by atoms with Crippen LogP contribution in [0.1, 0.15) is 74.0 Å². The number of nitrogens with one attached hydrogen (secondary N) is 2. The molecule has 2 aliphatic heterocycles. The lowest BCUT2D eigenvalue weighted by molar-refractivity contribution is -0.0366. The van der Waals surface area contributed by atoms with Gasteiger partial charge in [-0.05, 0) is 65.0 Å². The van der Waals surface area contributed by atoms with Gasteiger partial charge < -0.3 is 25.0 Å². The monoisotopic (exact) mass is 592 g/mol. The van der Waals surface area contributed by atoms with E-state index in [1.807, 2.05) is 61.5 Å². The van der Waals surface area contributed by atoms with Crippen molar-refractivity contribution in [1.29, 1.82) is 0 Å². The molecule has 2 N–H and O–H groups in total. The molecule has 13 heteroatoms. The molecule has 2 fully saturated rings. The first-order chi connectivity index (χ1) is 20.1. The summed E-state index contributed by atoms with van der Waals surface area (Å²) in [5.74, 6) is 0.376. The van der Waals surface area contributed by atoms with Gasteiger partial charge in [-0.2, -0.15) is 10.2 Å². The van der Waals surface area contributed by atoms with Crippen molar-refractivity contribution in [1.82, 2.24) is 29.4 Å². The van der Waals surface area contributed by atoms with Crippen LogP contribution in [0.3, 0.4) is 0 Å². The number of benzene rings is 1. The Labute approximate surface area is 248 Å². The largest absolute Gasteiger partial charge is 0.444 e. The Morgan fingerprint density at radius 3 is 2.79 bits per heavy atom. The van der Waals surface area contributed by atoms with E-state index < -0.39 is 5.60 Å². The summed E-state index contributed by atoms with van der Waals surface area (Å²) in [4.78, 5) is 32.3. The first kappa shape index (κ1) is 28.2. The van der Waals surface area contributed by atoms with Crippen LogP contribution in [0, 0.1) is 6.92 Å². The van der Waals surface area contributed by atoms with Crippen LogP contribution in [0.5, 0.6) is 0 Å². The van der Waals surface area contributed by atoms with Gasteiger partial charge in [-0.25, -0.2) is 14.5 Å². The van der Waals surface area contributed by atoms with E-state index in [-0.39, 0.29) is 24.3 Å². The fourth-order valence-corrected chi connectivity index (χ4v) is 6.04. The van der Waals surface area contributed by atoms with Crippen molar-refractivity contribution >= 4 is 50.9 Å². The molecule has 222 valence electrons. The molecule has 2 amide bonds. The van der Waals surface area contributed by atoms with Gasteiger partial charge >= 0.3 is 6.09 Å². The summed E-state index contributed by atoms with van der Waals surface area (Å²) in [6, 6.07) is 5.94. The predicted molar refractivity (Wildman–Crippen MR) is 160 cm³/mol. The molecule has 0 aliphatic carbocycles. The van der Waals surface area contributed by atoms with E-state index in [1.165, 1.54) is 11.3 Å². The van der Waals surface area contributed by atoms with E-state index in [0.717, 1.165) is 54.4 Å². The molecule has 2 atom stereocenters. The minimum atomic E-state index is -0.527. The van der Waals surface area contributed by atoms with Crippen LogP contribution in [0.2, 0.25) is 0 Å². The smallest absolute Gasteiger partial charge is 0.410 e. The Hall–Kier alpha value is -3.97. The molecule has 0 radical (unpaired) electrons. The Bertz CT molecular complexity index is 1600. The third kappa shape index (κ3) is 5.97. The average molecular weight is 593 g/mol. The maximum atomic E-state index is 13.3. The Balaban J connectivity index is 1.10. The number of carbonyl (C=O) groups is 2. The molecule has 12 nitrogen and oxygen atoms in total. The molecule has 6 rings (SSSR count). The maximum Gasteiger partial charge on any atom is 0.410 e. The summed E-state index contributed by atoms with van der Waals surface area (Å²) in [7, 11) is 0. The van der Waals surface area contributed by atoms with Gasteiger partial charge in [0.05, 0.1) is 29.6 Å². The minimum absolute atomic E-state index is 0.0608. The Morgan fingerprint density at radius 2 is 2.00 bits per heavy atom. The summed E-state index contributed by atoms with van der Waals surface area (Å²) in [6.45, 7) is 9.45. The zero-order valence-corrected chi connectivity index (χ0v) is 25.1. The molecule has 1 unspecified atom stereocenters. The number of carbonyl (C=O) groups excluding carboxylic acids is 2. The van der Waals surface area contributed by atoms with Gasteiger partial charge in [-0.15, -0.1) is 0 Å². The van der Waals surface area contributed by atoms with Crippen molar-refractivity contribution in [2.45, 2.75) is 71.2 Å². The number of fused-ring (bicyclic) bond motifs is 1. The molecule has 3 aromatic heterocycles. The molecular formula is C29H36N8O4S. The van der Waals surface area contributed by atoms with Gasteiger partial charge in [0.15, 0.2) is 17.2 Å². The van der Waals surface area contributed by atoms with Crippen molar-refractivity contribution < 1.29 is 19.1 Å². The molecule has 5 heterocycles. The van der Waals surface area contributed by atoms with E-state index in [9.17, 15) is 9.59 Å². The third-order valence-electron chi connectivity index (χ3n) is 7.42. The number of likely N-dealkylation sites (tertiary alicyclic amines) is 1. The lowest BCUT2D eigenvalue weighted by Crippen LogP contribution is -2.35. The number of anilines is 3. The van der Waals surface area contributed by atoms with Gasteiger partial charge in [0.1, 0.15) is 10.5 Å². The average Bonchev–Trinajstić information content (AvgIpc) is 3.76. The first-order valence-electron chi connectivity index (χ1n) is 14.3. The number of aromatic nitrogens is 5. The molecule has 0 spiro atoms. The topological polar surface area (TPSA) is 128 Å². The summed E-state index contributed by atoms with van der Waals surface area (Å²) in [5.41, 5.74) is 2.09. The number of nitrogens with zero attached hydrogens (tertiary/aromatic N) is 6. The summed E-state index contributed by atoms with van der Waals surface area (Å²) in [6.07, 6.45) is 8.74. The highest BCUT2D eigenvalue weighted by Gasteiger charge is 2.31. The molecule has 2 aliphatic rings. The zero-order chi connectivity index (χ0) is 29.4. The Morgan fingerprint density at radius 1 is 1.14 bits per heavy atom. The van der Waals surface area contributed by atoms with E-state index in [0.29, 0.717) is 28.9 Å². The predicted octanol–water partition coefficient (Wildman–Crippen LogP) is 5.87. The number of aryl methyl sites for hydroxylation is 1. The number of hydrogen-bond acceptors (Lipinski definition) is 9. The standard InChI is InChI=1S/C29H36N8O4S/c1-18-8-9-21-20(15-31-37(21)24-7-5-6-14-40-24)25(18)33-26(38)22-16-30-27(42-22)32-23-11-13-36(34-23)19-10-12-35(17-19)28(39)41-29(2,3)4/h8-9,11,13,15-16,19,24H,5-7,10,12,14,17H2,1-4H3,(H,33,38)(H,30,32,34)/t19-,24?/m1/s1. The number of ether oxygens (including phenoxy) is 2. The van der Waals surface area contributed by atoms with Gasteiger partial charge in [0.2, 0.25) is 0 Å². The van der Waals surface area contributed by atoms with Crippen LogP contribution in [-0.2, 0) is 9.47 Å². The van der Waals surface area contributed by atoms with Gasteiger partial charge in [0.25, 0.3) is 5.91 Å². The SMILES string of the molecule is Cc1ccc2c(cnn2C2CCCCO2)c1NC(=O)c1cnc(Nc2ccn([C@@H]3CCN(C(=O)OC(C)(C)C)C3)n2)s1. The number of thiazole rings is 1. The highest BCUT2D eigenvalue weighted by atomic mass is 32.1. The number of hydrogen-bond donors (Lipinski definition) is 2. The molecule has 0 saturated carbocycles. The van der Waals surface area contributed by atoms with Crippen LogP contribution in [0.15, 0.2) is 36.8 Å². The third-order valence-corrected chi connectivity index (χ3v) is 8.33. The maximum absolute atomic E-state index is 13.3. The van der Waals surface area contributed by atoms with Gasteiger partial charge in [-0.1, -0.05) is 17.4 Å². The fraction of sp³-hybridized carbons (Fsp3) is 0.483. The zero-order valence-electron chi connectivity index (χ0n) is 24.3. The number of rotatable bonds is 6. The summed E-state index contributed by atoms with van der Waals surface area (Å²) >= 11 is 1.25. The second-order valence-corrected chi connectivity index (χ2v) is 12.8. The van der Waals surface area contributed by atoms with E-state index in [2.05, 4.69) is 25.8 Å². The van der Waals surface area contributed by atoms with Crippen molar-refractivity contribution in [3.63, 3.8) is 0 Å². The van der Waals surface area contributed by atoms with Crippen molar-refractivity contribution in [3.8, 4) is 0 Å². The second kappa shape index (κ2) is 11.4. The Kier molecular flexibility index (Phi) is 7.62. The quantitative estimate of drug-likeness (QED) is 0.284. The minimum Gasteiger partial charge on any atom is -0.444 e. The van der Waals surface area contributed by atoms with Gasteiger partial charge in [-0.3, -0.25) is 9.48 Å². The van der Waals surface area contributed by atoms with Crippen molar-refractivity contribution in [2.24, 2.45) is 0 Å². The first-order valence-corrected chi connectivity index (χ1v) is 15.1. The molecule has 1 aromatic carbocycles. The lowest BCUT2D eigenvalue weighted by atomic mass is 10.1.